The van der Waals surface area contributed by atoms with Crippen LogP contribution >= 0.6 is 11.6 Å². The number of halogens is 1. The van der Waals surface area contributed by atoms with Gasteiger partial charge in [0.2, 0.25) is 0 Å². The van der Waals surface area contributed by atoms with Crippen LogP contribution in [-0.2, 0) is 6.54 Å². The van der Waals surface area contributed by atoms with Crippen molar-refractivity contribution in [3.8, 4) is 0 Å². The predicted molar refractivity (Wildman–Crippen MR) is 90.5 cm³/mol. The molecule has 1 aliphatic rings. The van der Waals surface area contributed by atoms with Gasteiger partial charge in [0.25, 0.3) is 0 Å². The van der Waals surface area contributed by atoms with E-state index in [-0.39, 0.29) is 0 Å². The fraction of sp³-hybridized carbons (Fsp3) is 0.375. The number of hydrogen-bond donors (Lipinski definition) is 1. The zero-order chi connectivity index (χ0) is 15.4. The van der Waals surface area contributed by atoms with Crippen molar-refractivity contribution in [1.82, 2.24) is 14.9 Å². The summed E-state index contributed by atoms with van der Waals surface area (Å²) in [7, 11) is 2.16. The van der Waals surface area contributed by atoms with Crippen molar-refractivity contribution in [2.24, 2.45) is 0 Å². The lowest BCUT2D eigenvalue weighted by Gasteiger charge is -2.33. The summed E-state index contributed by atoms with van der Waals surface area (Å²) in [4.78, 5) is 13.2. The summed E-state index contributed by atoms with van der Waals surface area (Å²) in [5, 5.41) is 3.93. The number of anilines is 2. The highest BCUT2D eigenvalue weighted by Crippen LogP contribution is 2.20. The third-order valence-corrected chi connectivity index (χ3v) is 4.19. The number of likely N-dealkylation sites (N-methyl/N-ethyl adjacent to an activating group) is 1. The van der Waals surface area contributed by atoms with Crippen LogP contribution in [0.15, 0.2) is 36.8 Å². The highest BCUT2D eigenvalue weighted by Gasteiger charge is 2.14. The van der Waals surface area contributed by atoms with E-state index in [9.17, 15) is 0 Å². The van der Waals surface area contributed by atoms with E-state index in [1.54, 1.807) is 12.4 Å². The second kappa shape index (κ2) is 6.94. The van der Waals surface area contributed by atoms with Gasteiger partial charge >= 0.3 is 0 Å². The zero-order valence-corrected chi connectivity index (χ0v) is 13.4. The molecule has 0 unspecified atom stereocenters. The molecule has 0 atom stereocenters. The third kappa shape index (κ3) is 3.67. The number of pyridine rings is 2. The van der Waals surface area contributed by atoms with Crippen molar-refractivity contribution in [2.45, 2.75) is 6.54 Å². The van der Waals surface area contributed by atoms with Crippen LogP contribution < -0.4 is 10.2 Å². The van der Waals surface area contributed by atoms with Gasteiger partial charge in [0.05, 0.1) is 10.7 Å². The summed E-state index contributed by atoms with van der Waals surface area (Å²) < 4.78 is 0. The topological polar surface area (TPSA) is 44.3 Å². The Morgan fingerprint density at radius 3 is 2.64 bits per heavy atom. The average Bonchev–Trinajstić information content (AvgIpc) is 2.55. The number of nitrogens with one attached hydrogen (secondary N) is 1. The normalized spacial score (nSPS) is 15.8. The largest absolute Gasteiger partial charge is 0.380 e. The van der Waals surface area contributed by atoms with Crippen LogP contribution in [-0.4, -0.2) is 48.1 Å². The van der Waals surface area contributed by atoms with Gasteiger partial charge in [-0.1, -0.05) is 17.7 Å². The number of aromatic nitrogens is 2. The molecule has 2 aromatic rings. The van der Waals surface area contributed by atoms with E-state index >= 15 is 0 Å². The molecular formula is C16H20ClN5. The van der Waals surface area contributed by atoms with Crippen molar-refractivity contribution in [3.63, 3.8) is 0 Å². The summed E-state index contributed by atoms with van der Waals surface area (Å²) in [6.45, 7) is 4.94. The molecule has 1 saturated heterocycles. The maximum absolute atomic E-state index is 6.08. The number of nitrogens with zero attached hydrogens (tertiary/aromatic N) is 4. The molecule has 0 bridgehead atoms. The Balaban J connectivity index is 1.59. The lowest BCUT2D eigenvalue weighted by Crippen LogP contribution is -2.44. The van der Waals surface area contributed by atoms with Gasteiger partial charge < -0.3 is 15.1 Å². The Morgan fingerprint density at radius 1 is 1.14 bits per heavy atom. The number of piperazine rings is 1. The molecule has 0 spiro atoms. The molecule has 0 aromatic carbocycles. The van der Waals surface area contributed by atoms with Gasteiger partial charge in [-0.25, -0.2) is 4.98 Å². The minimum atomic E-state index is 0.629. The van der Waals surface area contributed by atoms with Gasteiger partial charge in [-0.2, -0.15) is 0 Å². The Bertz CT molecular complexity index is 608. The first-order valence-electron chi connectivity index (χ1n) is 7.44. The molecule has 2 aromatic heterocycles. The minimum absolute atomic E-state index is 0.629. The molecule has 0 radical (unpaired) electrons. The van der Waals surface area contributed by atoms with E-state index < -0.39 is 0 Å². The molecule has 0 amide bonds. The SMILES string of the molecule is CN1CCN(c2ccc(CNc3ccncc3Cl)cn2)CC1. The highest BCUT2D eigenvalue weighted by molar-refractivity contribution is 6.33. The number of hydrogen-bond acceptors (Lipinski definition) is 5. The summed E-state index contributed by atoms with van der Waals surface area (Å²) in [5.74, 6) is 1.05. The van der Waals surface area contributed by atoms with Gasteiger partial charge in [-0.15, -0.1) is 0 Å². The summed E-state index contributed by atoms with van der Waals surface area (Å²) >= 11 is 6.08. The second-order valence-corrected chi connectivity index (χ2v) is 5.93. The van der Waals surface area contributed by atoms with Crippen LogP contribution in [0.3, 0.4) is 0 Å². The van der Waals surface area contributed by atoms with Crippen LogP contribution in [0, 0.1) is 0 Å². The molecule has 6 heteroatoms. The van der Waals surface area contributed by atoms with Gasteiger partial charge in [-0.3, -0.25) is 4.98 Å². The Hall–Kier alpha value is -1.85. The molecule has 0 saturated carbocycles. The van der Waals surface area contributed by atoms with Gasteiger partial charge in [0.15, 0.2) is 0 Å². The van der Waals surface area contributed by atoms with Crippen LogP contribution in [0.1, 0.15) is 5.56 Å². The van der Waals surface area contributed by atoms with Crippen molar-refractivity contribution >= 4 is 23.1 Å². The van der Waals surface area contributed by atoms with Crippen molar-refractivity contribution in [2.75, 3.05) is 43.4 Å². The fourth-order valence-corrected chi connectivity index (χ4v) is 2.65. The first-order valence-corrected chi connectivity index (χ1v) is 7.82. The smallest absolute Gasteiger partial charge is 0.128 e. The Labute approximate surface area is 135 Å². The Kier molecular flexibility index (Phi) is 4.75. The Morgan fingerprint density at radius 2 is 1.95 bits per heavy atom. The molecule has 22 heavy (non-hydrogen) atoms. The molecule has 1 fully saturated rings. The predicted octanol–water partition coefficient (Wildman–Crippen LogP) is 2.49. The monoisotopic (exact) mass is 317 g/mol. The van der Waals surface area contributed by atoms with E-state index in [0.717, 1.165) is 43.2 Å². The molecule has 116 valence electrons. The summed E-state index contributed by atoms with van der Waals surface area (Å²) in [6, 6.07) is 6.08. The molecular weight excluding hydrogens is 298 g/mol. The fourth-order valence-electron chi connectivity index (χ4n) is 2.46. The van der Waals surface area contributed by atoms with Crippen LogP contribution in [0.5, 0.6) is 0 Å². The highest BCUT2D eigenvalue weighted by atomic mass is 35.5. The first-order chi connectivity index (χ1) is 10.7. The quantitative estimate of drug-likeness (QED) is 0.938. The third-order valence-electron chi connectivity index (χ3n) is 3.89. The standard InChI is InChI=1S/C16H20ClN5/c1-21-6-8-22(9-7-21)16-3-2-13(11-20-16)10-19-15-4-5-18-12-14(15)17/h2-5,11-12H,6-10H2,1H3,(H,18,19). The minimum Gasteiger partial charge on any atom is -0.380 e. The number of rotatable bonds is 4. The lowest BCUT2D eigenvalue weighted by molar-refractivity contribution is 0.312. The molecule has 3 rings (SSSR count). The maximum atomic E-state index is 6.08. The van der Waals surface area contributed by atoms with E-state index in [2.05, 4.69) is 44.3 Å². The molecule has 0 aliphatic carbocycles. The van der Waals surface area contributed by atoms with E-state index in [1.807, 2.05) is 12.3 Å². The lowest BCUT2D eigenvalue weighted by atomic mass is 10.2. The molecule has 5 nitrogen and oxygen atoms in total. The average molecular weight is 318 g/mol. The molecule has 1 aliphatic heterocycles. The van der Waals surface area contributed by atoms with E-state index in [0.29, 0.717) is 11.6 Å². The second-order valence-electron chi connectivity index (χ2n) is 5.52. The van der Waals surface area contributed by atoms with Crippen molar-refractivity contribution in [3.05, 3.63) is 47.4 Å². The van der Waals surface area contributed by atoms with E-state index in [4.69, 9.17) is 11.6 Å². The van der Waals surface area contributed by atoms with Gasteiger partial charge in [0.1, 0.15) is 5.82 Å². The zero-order valence-electron chi connectivity index (χ0n) is 12.7. The van der Waals surface area contributed by atoms with Crippen LogP contribution in [0.25, 0.3) is 0 Å². The first kappa shape index (κ1) is 15.1. The van der Waals surface area contributed by atoms with Crippen LogP contribution in [0.2, 0.25) is 5.02 Å². The maximum Gasteiger partial charge on any atom is 0.128 e. The summed E-state index contributed by atoms with van der Waals surface area (Å²) in [6.07, 6.45) is 5.29. The van der Waals surface area contributed by atoms with Crippen molar-refractivity contribution < 1.29 is 0 Å². The molecule has 1 N–H and O–H groups in total. The molecule has 3 heterocycles. The van der Waals surface area contributed by atoms with Gasteiger partial charge in [0, 0.05) is 51.3 Å². The van der Waals surface area contributed by atoms with Crippen molar-refractivity contribution in [1.29, 1.82) is 0 Å². The van der Waals surface area contributed by atoms with E-state index in [1.165, 1.54) is 0 Å². The van der Waals surface area contributed by atoms with Crippen LogP contribution in [0.4, 0.5) is 11.5 Å². The summed E-state index contributed by atoms with van der Waals surface area (Å²) in [5.41, 5.74) is 2.02. The van der Waals surface area contributed by atoms with Gasteiger partial charge in [-0.05, 0) is 24.7 Å².